The molecule has 0 aromatic heterocycles. The van der Waals surface area contributed by atoms with Crippen LogP contribution in [0, 0.1) is 17.8 Å². The Morgan fingerprint density at radius 2 is 1.63 bits per heavy atom. The molecular weight excluding hydrogens is 729 g/mol. The maximum absolute atomic E-state index is 6.36. The van der Waals surface area contributed by atoms with E-state index >= 15 is 0 Å². The molecule has 3 heterocycles. The summed E-state index contributed by atoms with van der Waals surface area (Å²) in [5.41, 5.74) is 15.4. The van der Waals surface area contributed by atoms with Gasteiger partial charge in [0.25, 0.3) is 0 Å². The summed E-state index contributed by atoms with van der Waals surface area (Å²) in [6, 6.07) is 21.7. The number of allylic oxidation sites excluding steroid dienone is 14. The van der Waals surface area contributed by atoms with Crippen LogP contribution < -0.4 is 4.74 Å². The highest BCUT2D eigenvalue weighted by Gasteiger charge is 2.43. The van der Waals surface area contributed by atoms with Gasteiger partial charge in [-0.1, -0.05) is 133 Å². The largest absolute Gasteiger partial charge is 0.485 e. The molecule has 60 heavy (non-hydrogen) atoms. The fraction of sp³-hybridized carbons (Fsp3) is 0.316. The molecule has 6 aliphatic carbocycles. The van der Waals surface area contributed by atoms with Crippen LogP contribution in [0.25, 0.3) is 27.5 Å². The average Bonchev–Trinajstić information content (AvgIpc) is 3.87. The summed E-state index contributed by atoms with van der Waals surface area (Å²) in [6.45, 7) is 0. The lowest BCUT2D eigenvalue weighted by Crippen LogP contribution is -2.41. The number of benzene rings is 3. The van der Waals surface area contributed by atoms with E-state index in [0.717, 1.165) is 70.0 Å². The fourth-order valence-electron chi connectivity index (χ4n) is 12.1. The summed E-state index contributed by atoms with van der Waals surface area (Å²) in [5.74, 6) is 2.80. The van der Waals surface area contributed by atoms with Crippen molar-refractivity contribution in [2.45, 2.75) is 94.7 Å². The zero-order valence-corrected chi connectivity index (χ0v) is 34.6. The number of fused-ring (bicyclic) bond motifs is 6. The monoisotopic (exact) mass is 782 g/mol. The van der Waals surface area contributed by atoms with Crippen molar-refractivity contribution in [2.75, 3.05) is 0 Å². The number of nitrogens with zero attached hydrogens (tertiary/aromatic N) is 2. The topological polar surface area (TPSA) is 24.8 Å². The Morgan fingerprint density at radius 3 is 2.50 bits per heavy atom. The van der Waals surface area contributed by atoms with Gasteiger partial charge < -0.3 is 9.64 Å². The van der Waals surface area contributed by atoms with Crippen molar-refractivity contribution in [1.82, 2.24) is 4.90 Å². The molecular formula is C57H54N2O. The molecule has 0 fully saturated rings. The number of ether oxygens (including phenoxy) is 1. The van der Waals surface area contributed by atoms with Gasteiger partial charge in [0.15, 0.2) is 0 Å². The summed E-state index contributed by atoms with van der Waals surface area (Å²) in [7, 11) is 0. The third-order valence-corrected chi connectivity index (χ3v) is 15.1. The number of aliphatic imine (C=N–C) groups is 1. The Morgan fingerprint density at radius 1 is 0.717 bits per heavy atom. The number of hydrogen-bond acceptors (Lipinski definition) is 3. The molecule has 3 aromatic carbocycles. The molecule has 0 bridgehead atoms. The lowest BCUT2D eigenvalue weighted by atomic mass is 9.78. The predicted molar refractivity (Wildman–Crippen MR) is 249 cm³/mol. The second-order valence-corrected chi connectivity index (χ2v) is 18.4. The maximum atomic E-state index is 6.36. The first-order valence-corrected chi connectivity index (χ1v) is 23.0. The number of rotatable bonds is 6. The first-order valence-electron chi connectivity index (χ1n) is 23.0. The highest BCUT2D eigenvalue weighted by Crippen LogP contribution is 2.50. The summed E-state index contributed by atoms with van der Waals surface area (Å²) < 4.78 is 6.36. The van der Waals surface area contributed by atoms with E-state index < -0.39 is 0 Å². The zero-order chi connectivity index (χ0) is 39.6. The molecule has 7 atom stereocenters. The van der Waals surface area contributed by atoms with Gasteiger partial charge in [-0.3, -0.25) is 4.99 Å². The molecule has 3 nitrogen and oxygen atoms in total. The molecule has 3 heteroatoms. The van der Waals surface area contributed by atoms with Crippen LogP contribution in [-0.4, -0.2) is 28.8 Å². The van der Waals surface area contributed by atoms with E-state index in [0.29, 0.717) is 35.8 Å². The summed E-state index contributed by atoms with van der Waals surface area (Å²) in [6.07, 6.45) is 50.4. The molecule has 0 radical (unpaired) electrons. The van der Waals surface area contributed by atoms with Crippen molar-refractivity contribution >= 4 is 22.1 Å². The molecule has 3 aromatic rings. The third-order valence-electron chi connectivity index (χ3n) is 15.1. The van der Waals surface area contributed by atoms with E-state index in [9.17, 15) is 0 Å². The van der Waals surface area contributed by atoms with Crippen LogP contribution in [-0.2, 0) is 0 Å². The predicted octanol–water partition coefficient (Wildman–Crippen LogP) is 13.8. The van der Waals surface area contributed by atoms with Gasteiger partial charge in [0.1, 0.15) is 11.9 Å². The van der Waals surface area contributed by atoms with E-state index in [1.165, 1.54) is 67.7 Å². The summed E-state index contributed by atoms with van der Waals surface area (Å²) in [4.78, 5) is 8.24. The summed E-state index contributed by atoms with van der Waals surface area (Å²) >= 11 is 0. The van der Waals surface area contributed by atoms with E-state index in [1.807, 2.05) is 0 Å². The van der Waals surface area contributed by atoms with E-state index in [-0.39, 0.29) is 6.10 Å². The Hall–Kier alpha value is -5.67. The third kappa shape index (κ3) is 6.27. The van der Waals surface area contributed by atoms with Crippen LogP contribution in [0.5, 0.6) is 5.75 Å². The second-order valence-electron chi connectivity index (χ2n) is 18.4. The van der Waals surface area contributed by atoms with Gasteiger partial charge in [0, 0.05) is 46.7 Å². The molecule has 0 amide bonds. The van der Waals surface area contributed by atoms with Crippen molar-refractivity contribution in [3.05, 3.63) is 191 Å². The van der Waals surface area contributed by atoms with E-state index in [2.05, 4.69) is 157 Å². The SMILES string of the molecule is C1=CCCC(C2C=C(C3=CCC(N4C5=C(CCC=C5)C5C=C(c6cccc7c(-c8ccc9c(c8)C8CCC=CC8O9)cccc67)CCC54)C=C3)N=C(C3C=CC=CC3)C2)=C1. The standard InChI is InChI=1S/C57H54N2O/c1-3-13-37(14-4-1)42-35-52(38-15-5-2-6-16-38)58-53(36-42)39-25-29-43(30-26-39)59-54-23-9-7-17-48(54)50-33-40(27-31-55(50)59)44-19-11-22-47-45(20-12-21-46(44)47)41-28-32-57-51(34-41)49-18-8-10-24-56(49)60-57/h1-3,5-6,9-13,15,19-26,28-29,32-34,36,38,42-43,49-50,55-56H,4,7-8,14,16-18,27,30-31,35H2. The van der Waals surface area contributed by atoms with Crippen molar-refractivity contribution in [3.8, 4) is 16.9 Å². The normalized spacial score (nSPS) is 29.9. The molecule has 3 aliphatic heterocycles. The van der Waals surface area contributed by atoms with Crippen LogP contribution >= 0.6 is 0 Å². The first kappa shape index (κ1) is 36.2. The van der Waals surface area contributed by atoms with Gasteiger partial charge in [0.2, 0.25) is 0 Å². The zero-order valence-electron chi connectivity index (χ0n) is 34.6. The highest BCUT2D eigenvalue weighted by molar-refractivity contribution is 6.02. The van der Waals surface area contributed by atoms with Crippen molar-refractivity contribution in [3.63, 3.8) is 0 Å². The minimum atomic E-state index is 0.190. The van der Waals surface area contributed by atoms with Gasteiger partial charge in [-0.15, -0.1) is 0 Å². The molecule has 12 rings (SSSR count). The minimum Gasteiger partial charge on any atom is -0.485 e. The number of hydrogen-bond donors (Lipinski definition) is 0. The smallest absolute Gasteiger partial charge is 0.124 e. The van der Waals surface area contributed by atoms with Gasteiger partial charge >= 0.3 is 0 Å². The Bertz CT molecular complexity index is 2660. The lowest BCUT2D eigenvalue weighted by molar-refractivity contribution is 0.207. The second kappa shape index (κ2) is 15.1. The molecule has 0 saturated heterocycles. The minimum absolute atomic E-state index is 0.190. The van der Waals surface area contributed by atoms with Crippen LogP contribution in [0.2, 0.25) is 0 Å². The van der Waals surface area contributed by atoms with Gasteiger partial charge in [-0.2, -0.15) is 0 Å². The highest BCUT2D eigenvalue weighted by atomic mass is 16.5. The first-order chi connectivity index (χ1) is 29.7. The average molecular weight is 783 g/mol. The van der Waals surface area contributed by atoms with Crippen molar-refractivity contribution in [2.24, 2.45) is 22.7 Å². The maximum Gasteiger partial charge on any atom is 0.124 e. The van der Waals surface area contributed by atoms with Gasteiger partial charge in [0.05, 0.1) is 11.7 Å². The molecule has 0 N–H and O–H groups in total. The van der Waals surface area contributed by atoms with Gasteiger partial charge in [-0.05, 0) is 139 Å². The molecule has 0 spiro atoms. The quantitative estimate of drug-likeness (QED) is 0.233. The van der Waals surface area contributed by atoms with Gasteiger partial charge in [-0.25, -0.2) is 0 Å². The molecule has 298 valence electrons. The molecule has 0 saturated carbocycles. The van der Waals surface area contributed by atoms with E-state index in [1.54, 1.807) is 11.1 Å². The molecule has 7 unspecified atom stereocenters. The van der Waals surface area contributed by atoms with Crippen molar-refractivity contribution < 1.29 is 4.74 Å². The Balaban J connectivity index is 0.828. The Labute approximate surface area is 355 Å². The van der Waals surface area contributed by atoms with E-state index in [4.69, 9.17) is 9.73 Å². The van der Waals surface area contributed by atoms with Crippen molar-refractivity contribution in [1.29, 1.82) is 0 Å². The molecule has 9 aliphatic rings. The van der Waals surface area contributed by atoms with Crippen LogP contribution in [0.15, 0.2) is 185 Å². The Kier molecular flexibility index (Phi) is 9.11. The van der Waals surface area contributed by atoms with Crippen LogP contribution in [0.4, 0.5) is 0 Å². The summed E-state index contributed by atoms with van der Waals surface area (Å²) in [5, 5.41) is 2.71. The van der Waals surface area contributed by atoms with Crippen LogP contribution in [0.1, 0.15) is 87.7 Å². The van der Waals surface area contributed by atoms with Crippen LogP contribution in [0.3, 0.4) is 0 Å². The lowest BCUT2D eigenvalue weighted by Gasteiger charge is -2.39. The fourth-order valence-corrected chi connectivity index (χ4v) is 12.1.